The Morgan fingerprint density at radius 3 is 2.78 bits per heavy atom. The molecule has 5 heteroatoms. The highest BCUT2D eigenvalue weighted by molar-refractivity contribution is 5.89. The first kappa shape index (κ1) is 15.3. The molecule has 0 spiro atoms. The molecule has 120 valence electrons. The van der Waals surface area contributed by atoms with E-state index in [1.807, 2.05) is 18.2 Å². The molecule has 2 heterocycles. The maximum atomic E-state index is 12.3. The predicted molar refractivity (Wildman–Crippen MR) is 90.5 cm³/mol. The van der Waals surface area contributed by atoms with Gasteiger partial charge in [0, 0.05) is 26.3 Å². The molecule has 1 N–H and O–H groups in total. The maximum Gasteiger partial charge on any atom is 0.322 e. The van der Waals surface area contributed by atoms with Gasteiger partial charge in [0.25, 0.3) is 5.56 Å². The molecule has 23 heavy (non-hydrogen) atoms. The van der Waals surface area contributed by atoms with E-state index < -0.39 is 0 Å². The number of hydrogen-bond donors (Lipinski definition) is 1. The molecule has 0 unspecified atom stereocenters. The number of rotatable bonds is 3. The topological polar surface area (TPSA) is 54.3 Å². The lowest BCUT2D eigenvalue weighted by Crippen LogP contribution is -2.35. The Kier molecular flexibility index (Phi) is 4.46. The Labute approximate surface area is 135 Å². The van der Waals surface area contributed by atoms with Gasteiger partial charge in [-0.05, 0) is 36.5 Å². The van der Waals surface area contributed by atoms with Gasteiger partial charge >= 0.3 is 6.03 Å². The van der Waals surface area contributed by atoms with E-state index in [-0.39, 0.29) is 11.6 Å². The zero-order valence-corrected chi connectivity index (χ0v) is 13.2. The van der Waals surface area contributed by atoms with Gasteiger partial charge in [-0.3, -0.25) is 4.79 Å². The van der Waals surface area contributed by atoms with Gasteiger partial charge in [0.2, 0.25) is 0 Å². The summed E-state index contributed by atoms with van der Waals surface area (Å²) < 4.78 is 1.46. The Hall–Kier alpha value is -2.56. The fourth-order valence-electron chi connectivity index (χ4n) is 3.02. The number of nitrogens with one attached hydrogen (secondary N) is 1. The largest absolute Gasteiger partial charge is 0.324 e. The maximum absolute atomic E-state index is 12.3. The van der Waals surface area contributed by atoms with E-state index in [0.717, 1.165) is 25.9 Å². The van der Waals surface area contributed by atoms with Crippen LogP contribution in [0.4, 0.5) is 10.5 Å². The molecule has 1 fully saturated rings. The number of benzene rings is 1. The third kappa shape index (κ3) is 3.62. The number of likely N-dealkylation sites (tertiary alicyclic amines) is 1. The van der Waals surface area contributed by atoms with Gasteiger partial charge in [-0.1, -0.05) is 30.3 Å². The average Bonchev–Trinajstić information content (AvgIpc) is 3.01. The van der Waals surface area contributed by atoms with Crippen LogP contribution >= 0.6 is 0 Å². The Balaban J connectivity index is 1.59. The minimum absolute atomic E-state index is 0.191. The first-order valence-corrected chi connectivity index (χ1v) is 7.89. The summed E-state index contributed by atoms with van der Waals surface area (Å²) in [6.07, 6.45) is 3.65. The lowest BCUT2D eigenvalue weighted by molar-refractivity contribution is 0.220. The van der Waals surface area contributed by atoms with Gasteiger partial charge in [-0.25, -0.2) is 4.79 Å². The number of aromatic nitrogens is 1. The molecule has 2 amide bonds. The number of carbonyl (C=O) groups excluding carboxylic acids is 1. The van der Waals surface area contributed by atoms with Crippen LogP contribution in [0.2, 0.25) is 0 Å². The van der Waals surface area contributed by atoms with Crippen molar-refractivity contribution in [1.82, 2.24) is 9.47 Å². The van der Waals surface area contributed by atoms with Gasteiger partial charge in [0.05, 0.1) is 0 Å². The quantitative estimate of drug-likeness (QED) is 0.947. The molecule has 2 aromatic rings. The van der Waals surface area contributed by atoms with Crippen LogP contribution in [0, 0.1) is 5.92 Å². The Bertz CT molecular complexity index is 739. The molecule has 1 aromatic carbocycles. The van der Waals surface area contributed by atoms with Gasteiger partial charge in [-0.15, -0.1) is 0 Å². The van der Waals surface area contributed by atoms with Crippen molar-refractivity contribution in [3.8, 4) is 0 Å². The number of pyridine rings is 1. The van der Waals surface area contributed by atoms with Crippen molar-refractivity contribution < 1.29 is 4.79 Å². The van der Waals surface area contributed by atoms with Crippen molar-refractivity contribution in [2.75, 3.05) is 18.4 Å². The number of nitrogens with zero attached hydrogens (tertiary/aromatic N) is 2. The Morgan fingerprint density at radius 1 is 1.22 bits per heavy atom. The lowest BCUT2D eigenvalue weighted by atomic mass is 9.99. The summed E-state index contributed by atoms with van der Waals surface area (Å²) in [5.41, 5.74) is 1.43. The van der Waals surface area contributed by atoms with Crippen LogP contribution in [0.1, 0.15) is 12.0 Å². The Morgan fingerprint density at radius 2 is 2.00 bits per heavy atom. The van der Waals surface area contributed by atoms with E-state index in [4.69, 9.17) is 0 Å². The molecular weight excluding hydrogens is 290 g/mol. The molecule has 1 aliphatic rings. The minimum Gasteiger partial charge on any atom is -0.324 e. The molecule has 0 aliphatic carbocycles. The summed E-state index contributed by atoms with van der Waals surface area (Å²) in [5.74, 6) is 0.474. The molecule has 1 aliphatic heterocycles. The van der Waals surface area contributed by atoms with E-state index in [1.165, 1.54) is 10.1 Å². The number of carbonyl (C=O) groups is 1. The molecular formula is C18H21N3O2. The fraction of sp³-hybridized carbons (Fsp3) is 0.333. The standard InChI is InChI=1S/C18H21N3O2/c1-20-10-5-8-16(17(20)22)19-18(23)21-11-9-15(13-21)12-14-6-3-2-4-7-14/h2-8,10,15H,9,11-13H2,1H3,(H,19,23)/t15-/m1/s1. The highest BCUT2D eigenvalue weighted by Crippen LogP contribution is 2.21. The van der Waals surface area contributed by atoms with Gasteiger partial charge in [0.1, 0.15) is 5.69 Å². The molecule has 0 bridgehead atoms. The van der Waals surface area contributed by atoms with E-state index >= 15 is 0 Å². The second-order valence-corrected chi connectivity index (χ2v) is 6.06. The van der Waals surface area contributed by atoms with Crippen LogP contribution in [-0.2, 0) is 13.5 Å². The number of amides is 2. The van der Waals surface area contributed by atoms with Crippen molar-refractivity contribution in [2.24, 2.45) is 13.0 Å². The predicted octanol–water partition coefficient (Wildman–Crippen LogP) is 2.48. The van der Waals surface area contributed by atoms with Crippen LogP contribution in [0.5, 0.6) is 0 Å². The third-order valence-electron chi connectivity index (χ3n) is 4.31. The lowest BCUT2D eigenvalue weighted by Gasteiger charge is -2.17. The van der Waals surface area contributed by atoms with E-state index in [0.29, 0.717) is 11.6 Å². The summed E-state index contributed by atoms with van der Waals surface area (Å²) in [4.78, 5) is 26.1. The van der Waals surface area contributed by atoms with Crippen LogP contribution in [0.15, 0.2) is 53.5 Å². The molecule has 1 saturated heterocycles. The first-order chi connectivity index (χ1) is 11.1. The van der Waals surface area contributed by atoms with Gasteiger partial charge < -0.3 is 14.8 Å². The van der Waals surface area contributed by atoms with E-state index in [2.05, 4.69) is 17.4 Å². The first-order valence-electron chi connectivity index (χ1n) is 7.89. The van der Waals surface area contributed by atoms with Crippen LogP contribution in [0.25, 0.3) is 0 Å². The number of hydrogen-bond acceptors (Lipinski definition) is 2. The highest BCUT2D eigenvalue weighted by atomic mass is 16.2. The average molecular weight is 311 g/mol. The van der Waals surface area contributed by atoms with Crippen molar-refractivity contribution in [2.45, 2.75) is 12.8 Å². The monoisotopic (exact) mass is 311 g/mol. The van der Waals surface area contributed by atoms with Crippen molar-refractivity contribution in [3.63, 3.8) is 0 Å². The fourth-order valence-corrected chi connectivity index (χ4v) is 3.02. The number of aryl methyl sites for hydroxylation is 1. The zero-order valence-electron chi connectivity index (χ0n) is 13.2. The molecule has 1 atom stereocenters. The highest BCUT2D eigenvalue weighted by Gasteiger charge is 2.26. The summed E-state index contributed by atoms with van der Waals surface area (Å²) in [5, 5.41) is 2.73. The van der Waals surface area contributed by atoms with E-state index in [9.17, 15) is 9.59 Å². The normalized spacial score (nSPS) is 17.3. The van der Waals surface area contributed by atoms with Gasteiger partial charge in [0.15, 0.2) is 0 Å². The molecule has 3 rings (SSSR count). The summed E-state index contributed by atoms with van der Waals surface area (Å²) in [6, 6.07) is 13.5. The summed E-state index contributed by atoms with van der Waals surface area (Å²) >= 11 is 0. The minimum atomic E-state index is -0.194. The summed E-state index contributed by atoms with van der Waals surface area (Å²) in [6.45, 7) is 1.46. The van der Waals surface area contributed by atoms with Gasteiger partial charge in [-0.2, -0.15) is 0 Å². The van der Waals surface area contributed by atoms with Crippen molar-refractivity contribution in [1.29, 1.82) is 0 Å². The second-order valence-electron chi connectivity index (χ2n) is 6.06. The molecule has 1 aromatic heterocycles. The number of urea groups is 1. The second kappa shape index (κ2) is 6.69. The molecule has 5 nitrogen and oxygen atoms in total. The molecule has 0 radical (unpaired) electrons. The summed E-state index contributed by atoms with van der Waals surface area (Å²) in [7, 11) is 1.67. The van der Waals surface area contributed by atoms with E-state index in [1.54, 1.807) is 30.3 Å². The third-order valence-corrected chi connectivity index (χ3v) is 4.31. The van der Waals surface area contributed by atoms with Crippen LogP contribution in [-0.4, -0.2) is 28.6 Å². The smallest absolute Gasteiger partial charge is 0.322 e. The number of anilines is 1. The van der Waals surface area contributed by atoms with Crippen molar-refractivity contribution in [3.05, 3.63) is 64.6 Å². The molecule has 0 saturated carbocycles. The zero-order chi connectivity index (χ0) is 16.2. The van der Waals surface area contributed by atoms with Crippen molar-refractivity contribution >= 4 is 11.7 Å². The van der Waals surface area contributed by atoms with Crippen LogP contribution < -0.4 is 10.9 Å². The SMILES string of the molecule is Cn1cccc(NC(=O)N2CC[C@H](Cc3ccccc3)C2)c1=O. The van der Waals surface area contributed by atoms with Crippen LogP contribution in [0.3, 0.4) is 0 Å².